The maximum atomic E-state index is 12.1. The number of amides is 1. The minimum Gasteiger partial charge on any atom is -0.467 e. The van der Waals surface area contributed by atoms with Crippen LogP contribution in [0.25, 0.3) is 0 Å². The Kier molecular flexibility index (Phi) is 6.16. The maximum Gasteiger partial charge on any atom is 0.328 e. The lowest BCUT2D eigenvalue weighted by atomic mass is 9.88. The molecule has 104 valence electrons. The number of hydrogen-bond acceptors (Lipinski definition) is 3. The molecule has 1 amide bonds. The number of carbonyl (C=O) groups is 2. The topological polar surface area (TPSA) is 55.4 Å². The zero-order valence-electron chi connectivity index (χ0n) is 11.7. The molecule has 1 rings (SSSR count). The van der Waals surface area contributed by atoms with Gasteiger partial charge in [-0.25, -0.2) is 4.79 Å². The van der Waals surface area contributed by atoms with E-state index in [1.54, 1.807) is 0 Å². The molecule has 0 bridgehead atoms. The molecule has 1 N–H and O–H groups in total. The molecule has 0 aromatic rings. The minimum absolute atomic E-state index is 0.0189. The second-order valence-corrected chi connectivity index (χ2v) is 5.23. The highest BCUT2D eigenvalue weighted by Gasteiger charge is 2.30. The van der Waals surface area contributed by atoms with Gasteiger partial charge in [-0.05, 0) is 18.8 Å². The number of ether oxygens (including phenoxy) is 1. The molecule has 0 spiro atoms. The van der Waals surface area contributed by atoms with Crippen molar-refractivity contribution in [2.75, 3.05) is 7.11 Å². The van der Waals surface area contributed by atoms with Crippen LogP contribution in [0, 0.1) is 11.8 Å². The van der Waals surface area contributed by atoms with E-state index in [2.05, 4.69) is 5.32 Å². The van der Waals surface area contributed by atoms with Crippen molar-refractivity contribution in [3.63, 3.8) is 0 Å². The molecular weight excluding hydrogens is 230 g/mol. The Hall–Kier alpha value is -1.06. The summed E-state index contributed by atoms with van der Waals surface area (Å²) in [5.41, 5.74) is 0. The molecule has 1 fully saturated rings. The number of rotatable bonds is 5. The van der Waals surface area contributed by atoms with Crippen molar-refractivity contribution >= 4 is 11.9 Å². The zero-order valence-corrected chi connectivity index (χ0v) is 11.7. The van der Waals surface area contributed by atoms with Crippen LogP contribution >= 0.6 is 0 Å². The summed E-state index contributed by atoms with van der Waals surface area (Å²) in [4.78, 5) is 23.8. The second kappa shape index (κ2) is 7.39. The van der Waals surface area contributed by atoms with Gasteiger partial charge in [0, 0.05) is 5.92 Å². The zero-order chi connectivity index (χ0) is 13.5. The van der Waals surface area contributed by atoms with Crippen LogP contribution in [0.1, 0.15) is 52.4 Å². The molecule has 1 aliphatic carbocycles. The first kappa shape index (κ1) is 15.0. The van der Waals surface area contributed by atoms with Crippen LogP contribution in [0.3, 0.4) is 0 Å². The van der Waals surface area contributed by atoms with Gasteiger partial charge in [-0.15, -0.1) is 0 Å². The Morgan fingerprint density at radius 2 is 1.89 bits per heavy atom. The predicted molar refractivity (Wildman–Crippen MR) is 70.0 cm³/mol. The highest BCUT2D eigenvalue weighted by Crippen LogP contribution is 2.24. The van der Waals surface area contributed by atoms with Crippen molar-refractivity contribution in [1.82, 2.24) is 5.32 Å². The van der Waals surface area contributed by atoms with Crippen molar-refractivity contribution in [3.8, 4) is 0 Å². The number of carbonyl (C=O) groups excluding carboxylic acids is 2. The summed E-state index contributed by atoms with van der Waals surface area (Å²) in [6.07, 6.45) is 6.18. The first-order valence-electron chi connectivity index (χ1n) is 6.98. The van der Waals surface area contributed by atoms with Crippen molar-refractivity contribution in [2.45, 2.75) is 58.4 Å². The third kappa shape index (κ3) is 4.00. The lowest BCUT2D eigenvalue weighted by Gasteiger charge is -2.26. The van der Waals surface area contributed by atoms with Crippen LogP contribution in [0.15, 0.2) is 0 Å². The third-order valence-electron chi connectivity index (χ3n) is 3.94. The molecule has 1 saturated carbocycles. The van der Waals surface area contributed by atoms with Gasteiger partial charge in [0.2, 0.25) is 5.91 Å². The molecule has 0 aliphatic heterocycles. The van der Waals surface area contributed by atoms with Crippen LogP contribution in [-0.4, -0.2) is 25.0 Å². The average Bonchev–Trinajstić information content (AvgIpc) is 2.43. The van der Waals surface area contributed by atoms with Crippen LogP contribution in [0.4, 0.5) is 0 Å². The van der Waals surface area contributed by atoms with Gasteiger partial charge in [-0.2, -0.15) is 0 Å². The van der Waals surface area contributed by atoms with E-state index >= 15 is 0 Å². The standard InChI is InChI=1S/C14H25NO3/c1-4-10(2)12(14(17)18-3)15-13(16)11-8-6-5-7-9-11/h10-12H,4-9H2,1-3H3,(H,15,16)/t10-,12+/m0/s1. The molecule has 2 atom stereocenters. The summed E-state index contributed by atoms with van der Waals surface area (Å²) >= 11 is 0. The van der Waals surface area contributed by atoms with Gasteiger partial charge in [-0.3, -0.25) is 4.79 Å². The fraction of sp³-hybridized carbons (Fsp3) is 0.857. The third-order valence-corrected chi connectivity index (χ3v) is 3.94. The quantitative estimate of drug-likeness (QED) is 0.767. The summed E-state index contributed by atoms with van der Waals surface area (Å²) in [5.74, 6) is -0.140. The molecule has 0 heterocycles. The summed E-state index contributed by atoms with van der Waals surface area (Å²) < 4.78 is 4.77. The number of methoxy groups -OCH3 is 1. The number of nitrogens with one attached hydrogen (secondary N) is 1. The summed E-state index contributed by atoms with van der Waals surface area (Å²) in [6, 6.07) is -0.505. The SMILES string of the molecule is CC[C@H](C)[C@@H](NC(=O)C1CCCCC1)C(=O)OC. The van der Waals surface area contributed by atoms with E-state index in [1.165, 1.54) is 13.5 Å². The Bertz CT molecular complexity index is 285. The van der Waals surface area contributed by atoms with E-state index in [1.807, 2.05) is 13.8 Å². The number of esters is 1. The molecule has 0 saturated heterocycles. The van der Waals surface area contributed by atoms with Crippen LogP contribution in [0.5, 0.6) is 0 Å². The summed E-state index contributed by atoms with van der Waals surface area (Å²) in [5, 5.41) is 2.87. The Morgan fingerprint density at radius 1 is 1.28 bits per heavy atom. The highest BCUT2D eigenvalue weighted by atomic mass is 16.5. The first-order chi connectivity index (χ1) is 8.60. The smallest absolute Gasteiger partial charge is 0.328 e. The van der Waals surface area contributed by atoms with Gasteiger partial charge < -0.3 is 10.1 Å². The van der Waals surface area contributed by atoms with Gasteiger partial charge in [0.05, 0.1) is 7.11 Å². The lowest BCUT2D eigenvalue weighted by molar-refractivity contribution is -0.147. The van der Waals surface area contributed by atoms with Gasteiger partial charge in [0.15, 0.2) is 0 Å². The van der Waals surface area contributed by atoms with Crippen LogP contribution < -0.4 is 5.32 Å². The molecule has 0 aromatic heterocycles. The second-order valence-electron chi connectivity index (χ2n) is 5.23. The van der Waals surface area contributed by atoms with Crippen molar-refractivity contribution in [1.29, 1.82) is 0 Å². The van der Waals surface area contributed by atoms with E-state index in [-0.39, 0.29) is 23.7 Å². The maximum absolute atomic E-state index is 12.1. The molecule has 18 heavy (non-hydrogen) atoms. The molecule has 1 aliphatic rings. The molecule has 0 radical (unpaired) electrons. The van der Waals surface area contributed by atoms with E-state index in [0.717, 1.165) is 32.1 Å². The average molecular weight is 255 g/mol. The van der Waals surface area contributed by atoms with Gasteiger partial charge in [0.25, 0.3) is 0 Å². The summed E-state index contributed by atoms with van der Waals surface area (Å²) in [7, 11) is 1.37. The molecule has 4 nitrogen and oxygen atoms in total. The van der Waals surface area contributed by atoms with Crippen molar-refractivity contribution in [3.05, 3.63) is 0 Å². The van der Waals surface area contributed by atoms with E-state index in [9.17, 15) is 9.59 Å². The first-order valence-corrected chi connectivity index (χ1v) is 6.98. The van der Waals surface area contributed by atoms with E-state index in [4.69, 9.17) is 4.74 Å². The van der Waals surface area contributed by atoms with Crippen LogP contribution in [0.2, 0.25) is 0 Å². The van der Waals surface area contributed by atoms with Crippen molar-refractivity contribution in [2.24, 2.45) is 11.8 Å². The van der Waals surface area contributed by atoms with E-state index < -0.39 is 6.04 Å². The van der Waals surface area contributed by atoms with Crippen molar-refractivity contribution < 1.29 is 14.3 Å². The largest absolute Gasteiger partial charge is 0.467 e. The lowest BCUT2D eigenvalue weighted by Crippen LogP contribution is -2.48. The Labute approximate surface area is 109 Å². The normalized spacial score (nSPS) is 19.9. The highest BCUT2D eigenvalue weighted by molar-refractivity contribution is 5.85. The fourth-order valence-corrected chi connectivity index (χ4v) is 2.43. The van der Waals surface area contributed by atoms with Gasteiger partial charge in [-0.1, -0.05) is 39.5 Å². The predicted octanol–water partition coefficient (Wildman–Crippen LogP) is 2.27. The van der Waals surface area contributed by atoms with E-state index in [0.29, 0.717) is 0 Å². The monoisotopic (exact) mass is 255 g/mol. The fourth-order valence-electron chi connectivity index (χ4n) is 2.43. The minimum atomic E-state index is -0.505. The Morgan fingerprint density at radius 3 is 2.39 bits per heavy atom. The van der Waals surface area contributed by atoms with Gasteiger partial charge in [0.1, 0.15) is 6.04 Å². The molecular formula is C14H25NO3. The number of hydrogen-bond donors (Lipinski definition) is 1. The van der Waals surface area contributed by atoms with Gasteiger partial charge >= 0.3 is 5.97 Å². The Balaban J connectivity index is 2.58. The van der Waals surface area contributed by atoms with Crippen LogP contribution in [-0.2, 0) is 14.3 Å². The molecule has 0 aromatic carbocycles. The summed E-state index contributed by atoms with van der Waals surface area (Å²) in [6.45, 7) is 3.97. The molecule has 4 heteroatoms. The molecule has 0 unspecified atom stereocenters.